The summed E-state index contributed by atoms with van der Waals surface area (Å²) in [6.45, 7) is 9.65. The molecule has 0 radical (unpaired) electrons. The van der Waals surface area contributed by atoms with E-state index in [-0.39, 0.29) is 18.9 Å². The Hall–Kier alpha value is -2.08. The second-order valence-electron chi connectivity index (χ2n) is 6.62. The van der Waals surface area contributed by atoms with Crippen molar-refractivity contribution in [1.82, 2.24) is 5.32 Å². The molecule has 23 heavy (non-hydrogen) atoms. The van der Waals surface area contributed by atoms with E-state index in [1.165, 1.54) is 0 Å². The number of nitrogen functional groups attached to an aromatic ring is 1. The molecular weight excluding hydrogens is 296 g/mol. The molecule has 0 heterocycles. The molecule has 128 valence electrons. The molecule has 6 heteroatoms. The Morgan fingerprint density at radius 1 is 1.22 bits per heavy atom. The van der Waals surface area contributed by atoms with Crippen LogP contribution in [0.25, 0.3) is 0 Å². The maximum Gasteiger partial charge on any atom is 0.320 e. The second kappa shape index (κ2) is 7.46. The topological polar surface area (TPSA) is 102 Å². The fraction of sp³-hybridized carbons (Fsp3) is 0.529. The number of hydrogen-bond donors (Lipinski definition) is 3. The van der Waals surface area contributed by atoms with Gasteiger partial charge < -0.3 is 20.9 Å². The molecule has 0 spiro atoms. The highest BCUT2D eigenvalue weighted by Crippen LogP contribution is 2.25. The van der Waals surface area contributed by atoms with Gasteiger partial charge in [0.1, 0.15) is 5.60 Å². The number of benzene rings is 1. The summed E-state index contributed by atoms with van der Waals surface area (Å²) in [5, 5.41) is 12.0. The lowest BCUT2D eigenvalue weighted by atomic mass is 9.95. The van der Waals surface area contributed by atoms with Gasteiger partial charge in [-0.3, -0.25) is 9.59 Å². The van der Waals surface area contributed by atoms with E-state index in [0.29, 0.717) is 17.8 Å². The Balaban J connectivity index is 2.79. The van der Waals surface area contributed by atoms with Gasteiger partial charge in [-0.25, -0.2) is 0 Å². The molecule has 1 aromatic rings. The first-order valence-electron chi connectivity index (χ1n) is 7.53. The number of carbonyl (C=O) groups excluding carboxylic acids is 1. The number of rotatable bonds is 6. The van der Waals surface area contributed by atoms with Crippen LogP contribution in [0, 0.1) is 13.8 Å². The third-order valence-electron chi connectivity index (χ3n) is 3.47. The van der Waals surface area contributed by atoms with E-state index in [0.717, 1.165) is 16.7 Å². The van der Waals surface area contributed by atoms with Crippen molar-refractivity contribution in [3.8, 4) is 0 Å². The molecule has 0 saturated carbocycles. The van der Waals surface area contributed by atoms with Gasteiger partial charge in [0.25, 0.3) is 0 Å². The molecule has 0 fully saturated rings. The zero-order valence-electron chi connectivity index (χ0n) is 14.4. The molecule has 0 aliphatic rings. The minimum absolute atomic E-state index is 0.0740. The number of ether oxygens (including phenoxy) is 1. The van der Waals surface area contributed by atoms with Crippen molar-refractivity contribution in [2.45, 2.75) is 53.2 Å². The summed E-state index contributed by atoms with van der Waals surface area (Å²) in [7, 11) is 0. The van der Waals surface area contributed by atoms with E-state index in [2.05, 4.69) is 5.32 Å². The molecule has 0 amide bonds. The Morgan fingerprint density at radius 2 is 1.78 bits per heavy atom. The van der Waals surface area contributed by atoms with Crippen LogP contribution in [0.4, 0.5) is 5.69 Å². The van der Waals surface area contributed by atoms with Gasteiger partial charge in [-0.15, -0.1) is 0 Å². The highest BCUT2D eigenvalue weighted by molar-refractivity contribution is 5.73. The molecular formula is C17H26N2O4. The first-order chi connectivity index (χ1) is 10.5. The van der Waals surface area contributed by atoms with Gasteiger partial charge in [0.05, 0.1) is 13.0 Å². The molecule has 0 unspecified atom stereocenters. The van der Waals surface area contributed by atoms with Crippen LogP contribution < -0.4 is 11.1 Å². The summed E-state index contributed by atoms with van der Waals surface area (Å²) >= 11 is 0. The summed E-state index contributed by atoms with van der Waals surface area (Å²) in [5.41, 5.74) is 9.40. The minimum Gasteiger partial charge on any atom is -0.481 e. The predicted molar refractivity (Wildman–Crippen MR) is 89.2 cm³/mol. The van der Waals surface area contributed by atoms with Crippen molar-refractivity contribution in [2.75, 3.05) is 12.3 Å². The van der Waals surface area contributed by atoms with Crippen molar-refractivity contribution in [3.05, 3.63) is 28.3 Å². The van der Waals surface area contributed by atoms with Gasteiger partial charge in [-0.05, 0) is 56.9 Å². The van der Waals surface area contributed by atoms with Crippen LogP contribution in [0.15, 0.2) is 6.07 Å². The fourth-order valence-corrected chi connectivity index (χ4v) is 2.26. The van der Waals surface area contributed by atoms with Crippen LogP contribution in [-0.2, 0) is 27.3 Å². The largest absolute Gasteiger partial charge is 0.481 e. The van der Waals surface area contributed by atoms with Crippen LogP contribution in [0.2, 0.25) is 0 Å². The first-order valence-corrected chi connectivity index (χ1v) is 7.53. The smallest absolute Gasteiger partial charge is 0.320 e. The van der Waals surface area contributed by atoms with E-state index >= 15 is 0 Å². The van der Waals surface area contributed by atoms with Gasteiger partial charge in [0, 0.05) is 12.2 Å². The van der Waals surface area contributed by atoms with E-state index in [9.17, 15) is 9.59 Å². The second-order valence-corrected chi connectivity index (χ2v) is 6.62. The van der Waals surface area contributed by atoms with Crippen molar-refractivity contribution < 1.29 is 19.4 Å². The molecule has 0 saturated heterocycles. The standard InChI is InChI=1S/C17H26N2O4/c1-10-12(7-14(20)21)6-13(11(2)16(10)18)8-19-9-15(22)23-17(3,4)5/h6,19H,7-9,18H2,1-5H3,(H,20,21). The van der Waals surface area contributed by atoms with E-state index < -0.39 is 11.6 Å². The average Bonchev–Trinajstić information content (AvgIpc) is 2.38. The number of carbonyl (C=O) groups is 2. The van der Waals surface area contributed by atoms with Gasteiger partial charge in [-0.1, -0.05) is 6.07 Å². The fourth-order valence-electron chi connectivity index (χ4n) is 2.26. The molecule has 0 aliphatic carbocycles. The van der Waals surface area contributed by atoms with Crippen LogP contribution in [0.1, 0.15) is 43.0 Å². The first kappa shape index (κ1) is 19.0. The van der Waals surface area contributed by atoms with Crippen LogP contribution in [-0.4, -0.2) is 29.2 Å². The van der Waals surface area contributed by atoms with Crippen molar-refractivity contribution in [3.63, 3.8) is 0 Å². The van der Waals surface area contributed by atoms with Gasteiger partial charge >= 0.3 is 11.9 Å². The highest BCUT2D eigenvalue weighted by Gasteiger charge is 2.16. The summed E-state index contributed by atoms with van der Waals surface area (Å²) < 4.78 is 5.22. The SMILES string of the molecule is Cc1c(CNCC(=O)OC(C)(C)C)cc(CC(=O)O)c(C)c1N. The highest BCUT2D eigenvalue weighted by atomic mass is 16.6. The summed E-state index contributed by atoms with van der Waals surface area (Å²) in [4.78, 5) is 22.6. The number of nitrogens with two attached hydrogens (primary N) is 1. The molecule has 0 aromatic heterocycles. The molecule has 6 nitrogen and oxygen atoms in total. The van der Waals surface area contributed by atoms with Crippen LogP contribution in [0.5, 0.6) is 0 Å². The number of hydrogen-bond acceptors (Lipinski definition) is 5. The molecule has 1 aromatic carbocycles. The number of nitrogens with one attached hydrogen (secondary N) is 1. The van der Waals surface area contributed by atoms with Crippen LogP contribution >= 0.6 is 0 Å². The maximum absolute atomic E-state index is 11.7. The quantitative estimate of drug-likeness (QED) is 0.546. The van der Waals surface area contributed by atoms with Crippen molar-refractivity contribution >= 4 is 17.6 Å². The summed E-state index contributed by atoms with van der Waals surface area (Å²) in [5.74, 6) is -1.23. The van der Waals surface area contributed by atoms with Gasteiger partial charge in [0.2, 0.25) is 0 Å². The zero-order valence-corrected chi connectivity index (χ0v) is 14.4. The number of esters is 1. The summed E-state index contributed by atoms with van der Waals surface area (Å²) in [6.07, 6.45) is -0.0740. The summed E-state index contributed by atoms with van der Waals surface area (Å²) in [6, 6.07) is 1.83. The van der Waals surface area contributed by atoms with Gasteiger partial charge in [0.15, 0.2) is 0 Å². The molecule has 1 rings (SSSR count). The Kier molecular flexibility index (Phi) is 6.15. The number of carboxylic acids is 1. The minimum atomic E-state index is -0.899. The lowest BCUT2D eigenvalue weighted by molar-refractivity contribution is -0.153. The van der Waals surface area contributed by atoms with E-state index in [4.69, 9.17) is 15.6 Å². The third-order valence-corrected chi connectivity index (χ3v) is 3.47. The Labute approximate surface area is 137 Å². The Morgan fingerprint density at radius 3 is 2.30 bits per heavy atom. The van der Waals surface area contributed by atoms with Crippen molar-refractivity contribution in [1.29, 1.82) is 0 Å². The molecule has 0 aliphatic heterocycles. The Bertz CT molecular complexity index is 604. The molecule has 4 N–H and O–H groups in total. The molecule has 0 atom stereocenters. The lowest BCUT2D eigenvalue weighted by Crippen LogP contribution is -2.31. The van der Waals surface area contributed by atoms with Crippen LogP contribution in [0.3, 0.4) is 0 Å². The predicted octanol–water partition coefficient (Wildman–Crippen LogP) is 1.94. The van der Waals surface area contributed by atoms with E-state index in [1.54, 1.807) is 0 Å². The monoisotopic (exact) mass is 322 g/mol. The third kappa shape index (κ3) is 5.90. The number of aliphatic carboxylic acids is 1. The average molecular weight is 322 g/mol. The number of anilines is 1. The number of carboxylic acid groups (broad SMARTS) is 1. The normalized spacial score (nSPS) is 11.3. The van der Waals surface area contributed by atoms with Crippen molar-refractivity contribution in [2.24, 2.45) is 0 Å². The lowest BCUT2D eigenvalue weighted by Gasteiger charge is -2.20. The van der Waals surface area contributed by atoms with E-state index in [1.807, 2.05) is 40.7 Å². The molecule has 0 bridgehead atoms. The maximum atomic E-state index is 11.7. The van der Waals surface area contributed by atoms with Gasteiger partial charge in [-0.2, -0.15) is 0 Å². The zero-order chi connectivity index (χ0) is 17.8.